The summed E-state index contributed by atoms with van der Waals surface area (Å²) in [5.74, 6) is -0.830. The lowest BCUT2D eigenvalue weighted by molar-refractivity contribution is -0.136. The molecular formula is C25H25N3O5S. The van der Waals surface area contributed by atoms with E-state index in [1.807, 2.05) is 38.1 Å². The number of benzene rings is 1. The SMILES string of the molecule is CC(=O)Nc1sc(C)c(C)c1C(=O)OCC(=O)N1N=C(c2ccc(C)cc2)C[C@@H]1c1ccco1. The van der Waals surface area contributed by atoms with Crippen LogP contribution < -0.4 is 5.32 Å². The van der Waals surface area contributed by atoms with Crippen molar-refractivity contribution in [3.05, 3.63) is 75.6 Å². The highest BCUT2D eigenvalue weighted by atomic mass is 32.1. The van der Waals surface area contributed by atoms with Crippen LogP contribution in [0.15, 0.2) is 52.2 Å². The first kappa shape index (κ1) is 23.4. The van der Waals surface area contributed by atoms with Gasteiger partial charge in [0.2, 0.25) is 5.91 Å². The highest BCUT2D eigenvalue weighted by molar-refractivity contribution is 7.16. The van der Waals surface area contributed by atoms with E-state index in [4.69, 9.17) is 9.15 Å². The Labute approximate surface area is 201 Å². The normalized spacial score (nSPS) is 15.2. The second kappa shape index (κ2) is 9.64. The van der Waals surface area contributed by atoms with Crippen molar-refractivity contribution in [2.45, 2.75) is 40.2 Å². The molecular weight excluding hydrogens is 454 g/mol. The molecule has 3 aromatic rings. The number of nitrogens with one attached hydrogen (secondary N) is 1. The summed E-state index contributed by atoms with van der Waals surface area (Å²) in [7, 11) is 0. The molecule has 1 aliphatic heterocycles. The number of carbonyl (C=O) groups is 3. The van der Waals surface area contributed by atoms with Crippen LogP contribution in [0.4, 0.5) is 5.00 Å². The van der Waals surface area contributed by atoms with Crippen LogP contribution in [0.1, 0.15) is 57.1 Å². The van der Waals surface area contributed by atoms with Crippen molar-refractivity contribution in [2.75, 3.05) is 11.9 Å². The van der Waals surface area contributed by atoms with Gasteiger partial charge in [-0.3, -0.25) is 9.59 Å². The number of furan rings is 1. The summed E-state index contributed by atoms with van der Waals surface area (Å²) in [5.41, 5.74) is 3.76. The minimum atomic E-state index is -0.671. The third kappa shape index (κ3) is 4.79. The molecule has 0 bridgehead atoms. The molecule has 4 rings (SSSR count). The molecule has 2 amide bonds. The third-order valence-electron chi connectivity index (χ3n) is 5.63. The van der Waals surface area contributed by atoms with Gasteiger partial charge in [-0.1, -0.05) is 29.8 Å². The number of anilines is 1. The predicted octanol–water partition coefficient (Wildman–Crippen LogP) is 4.76. The van der Waals surface area contributed by atoms with E-state index < -0.39 is 24.5 Å². The molecule has 0 radical (unpaired) electrons. The molecule has 0 saturated carbocycles. The maximum Gasteiger partial charge on any atom is 0.341 e. The third-order valence-corrected chi connectivity index (χ3v) is 6.75. The zero-order valence-electron chi connectivity index (χ0n) is 19.4. The van der Waals surface area contributed by atoms with Gasteiger partial charge in [-0.25, -0.2) is 9.80 Å². The number of nitrogens with zero attached hydrogens (tertiary/aromatic N) is 2. The van der Waals surface area contributed by atoms with E-state index in [-0.39, 0.29) is 11.5 Å². The number of rotatable bonds is 6. The van der Waals surface area contributed by atoms with Gasteiger partial charge in [0.1, 0.15) is 16.8 Å². The Morgan fingerprint density at radius 3 is 2.56 bits per heavy atom. The molecule has 3 heterocycles. The molecule has 8 nitrogen and oxygen atoms in total. The molecule has 1 N–H and O–H groups in total. The number of aryl methyl sites for hydroxylation is 2. The van der Waals surface area contributed by atoms with E-state index in [1.165, 1.54) is 23.3 Å². The average Bonchev–Trinajstić information content (AvgIpc) is 3.52. The maximum atomic E-state index is 13.1. The first-order valence-electron chi connectivity index (χ1n) is 10.8. The standard InChI is InChI=1S/C25H25N3O5S/c1-14-7-9-18(10-8-14)19-12-20(21-6-5-11-32-21)28(27-19)22(30)13-33-25(31)23-15(2)16(3)34-24(23)26-17(4)29/h5-11,20H,12-13H2,1-4H3,(H,26,29)/t20-/m1/s1. The zero-order valence-corrected chi connectivity index (χ0v) is 20.2. The predicted molar refractivity (Wildman–Crippen MR) is 129 cm³/mol. The molecule has 2 aromatic heterocycles. The number of hydrogen-bond acceptors (Lipinski definition) is 7. The molecule has 34 heavy (non-hydrogen) atoms. The second-order valence-corrected chi connectivity index (χ2v) is 9.36. The van der Waals surface area contributed by atoms with Crippen LogP contribution in [0.5, 0.6) is 0 Å². The molecule has 1 aromatic carbocycles. The van der Waals surface area contributed by atoms with Crippen molar-refractivity contribution >= 4 is 39.8 Å². The van der Waals surface area contributed by atoms with E-state index >= 15 is 0 Å². The van der Waals surface area contributed by atoms with Crippen LogP contribution in [-0.2, 0) is 14.3 Å². The van der Waals surface area contributed by atoms with Gasteiger partial charge in [0, 0.05) is 18.2 Å². The Morgan fingerprint density at radius 2 is 1.91 bits per heavy atom. The second-order valence-electron chi connectivity index (χ2n) is 8.13. The average molecular weight is 480 g/mol. The van der Waals surface area contributed by atoms with Crippen LogP contribution in [0.25, 0.3) is 0 Å². The summed E-state index contributed by atoms with van der Waals surface area (Å²) in [6.07, 6.45) is 2.03. The van der Waals surface area contributed by atoms with Crippen LogP contribution >= 0.6 is 11.3 Å². The Kier molecular flexibility index (Phi) is 6.65. The number of carbonyl (C=O) groups excluding carboxylic acids is 3. The number of ether oxygens (including phenoxy) is 1. The van der Waals surface area contributed by atoms with E-state index in [2.05, 4.69) is 10.4 Å². The summed E-state index contributed by atoms with van der Waals surface area (Å²) >= 11 is 1.29. The van der Waals surface area contributed by atoms with E-state index in [1.54, 1.807) is 25.3 Å². The number of hydrogen-bond donors (Lipinski definition) is 1. The maximum absolute atomic E-state index is 13.1. The van der Waals surface area contributed by atoms with Gasteiger partial charge in [-0.15, -0.1) is 11.3 Å². The lowest BCUT2D eigenvalue weighted by atomic mass is 10.0. The quantitative estimate of drug-likeness (QED) is 0.514. The smallest absolute Gasteiger partial charge is 0.341 e. The summed E-state index contributed by atoms with van der Waals surface area (Å²) in [5, 5.41) is 8.94. The first-order chi connectivity index (χ1) is 16.2. The molecule has 9 heteroatoms. The first-order valence-corrected chi connectivity index (χ1v) is 11.6. The van der Waals surface area contributed by atoms with Crippen molar-refractivity contribution in [2.24, 2.45) is 5.10 Å². The summed E-state index contributed by atoms with van der Waals surface area (Å²) < 4.78 is 10.9. The number of amides is 2. The fourth-order valence-corrected chi connectivity index (χ4v) is 4.84. The zero-order chi connectivity index (χ0) is 24.4. The van der Waals surface area contributed by atoms with Crippen molar-refractivity contribution in [3.63, 3.8) is 0 Å². The van der Waals surface area contributed by atoms with Gasteiger partial charge in [0.05, 0.1) is 17.5 Å². The Morgan fingerprint density at radius 1 is 1.18 bits per heavy atom. The topological polar surface area (TPSA) is 101 Å². The van der Waals surface area contributed by atoms with Gasteiger partial charge in [-0.05, 0) is 44.0 Å². The van der Waals surface area contributed by atoms with Gasteiger partial charge < -0.3 is 14.5 Å². The highest BCUT2D eigenvalue weighted by Crippen LogP contribution is 2.34. The van der Waals surface area contributed by atoms with Gasteiger partial charge >= 0.3 is 5.97 Å². The molecule has 176 valence electrons. The van der Waals surface area contributed by atoms with Crippen molar-refractivity contribution in [3.8, 4) is 0 Å². The van der Waals surface area contributed by atoms with Gasteiger partial charge in [-0.2, -0.15) is 5.10 Å². The highest BCUT2D eigenvalue weighted by Gasteiger charge is 2.35. The molecule has 0 saturated heterocycles. The van der Waals surface area contributed by atoms with Crippen molar-refractivity contribution in [1.82, 2.24) is 5.01 Å². The lowest BCUT2D eigenvalue weighted by Gasteiger charge is -2.19. The minimum absolute atomic E-state index is 0.262. The molecule has 1 atom stereocenters. The molecule has 0 fully saturated rings. The fourth-order valence-electron chi connectivity index (χ4n) is 3.75. The van der Waals surface area contributed by atoms with Crippen LogP contribution in [0, 0.1) is 20.8 Å². The number of esters is 1. The largest absolute Gasteiger partial charge is 0.467 e. The lowest BCUT2D eigenvalue weighted by Crippen LogP contribution is -2.31. The number of thiophene rings is 1. The fraction of sp³-hybridized carbons (Fsp3) is 0.280. The molecule has 0 unspecified atom stereocenters. The van der Waals surface area contributed by atoms with Crippen LogP contribution in [-0.4, -0.2) is 35.1 Å². The van der Waals surface area contributed by atoms with Gasteiger partial charge in [0.25, 0.3) is 5.91 Å². The Balaban J connectivity index is 1.53. The number of hydrazone groups is 1. The van der Waals surface area contributed by atoms with Crippen LogP contribution in [0.2, 0.25) is 0 Å². The Bertz CT molecular complexity index is 1260. The molecule has 0 aliphatic carbocycles. The van der Waals surface area contributed by atoms with Crippen molar-refractivity contribution in [1.29, 1.82) is 0 Å². The Hall–Kier alpha value is -3.72. The van der Waals surface area contributed by atoms with Gasteiger partial charge in [0.15, 0.2) is 6.61 Å². The van der Waals surface area contributed by atoms with E-state index in [9.17, 15) is 14.4 Å². The van der Waals surface area contributed by atoms with E-state index in [0.29, 0.717) is 22.7 Å². The monoisotopic (exact) mass is 479 g/mol. The summed E-state index contributed by atoms with van der Waals surface area (Å²) in [4.78, 5) is 38.3. The molecule has 1 aliphatic rings. The molecule has 0 spiro atoms. The van der Waals surface area contributed by atoms with Crippen LogP contribution in [0.3, 0.4) is 0 Å². The summed E-state index contributed by atoms with van der Waals surface area (Å²) in [6.45, 7) is 6.52. The van der Waals surface area contributed by atoms with Crippen molar-refractivity contribution < 1.29 is 23.5 Å². The van der Waals surface area contributed by atoms with E-state index in [0.717, 1.165) is 21.7 Å². The summed E-state index contributed by atoms with van der Waals surface area (Å²) in [6, 6.07) is 11.0. The minimum Gasteiger partial charge on any atom is -0.467 e.